The second kappa shape index (κ2) is 10.5. The highest BCUT2D eigenvalue weighted by Gasteiger charge is 2.40. The van der Waals surface area contributed by atoms with E-state index in [4.69, 9.17) is 4.74 Å². The number of carbonyl (C=O) groups is 2. The number of fused-ring (bicyclic) bond motifs is 1. The number of amides is 2. The SMILES string of the molecule is O=C(Nc1nc2ccc(Oc3ccc(F)c(NC(=O)C4(Cc5cccc(I)c5)N=CNN4)c3)cc2s1)C1CC1. The molecule has 39 heavy (non-hydrogen) atoms. The van der Waals surface area contributed by atoms with Crippen molar-refractivity contribution in [1.29, 1.82) is 0 Å². The highest BCUT2D eigenvalue weighted by molar-refractivity contribution is 14.1. The van der Waals surface area contributed by atoms with E-state index in [1.54, 1.807) is 18.2 Å². The molecule has 1 aliphatic heterocycles. The van der Waals surface area contributed by atoms with E-state index in [-0.39, 0.29) is 23.9 Å². The topological polar surface area (TPSA) is 117 Å². The summed E-state index contributed by atoms with van der Waals surface area (Å²) in [5.74, 6) is -0.189. The maximum Gasteiger partial charge on any atom is 0.269 e. The number of aromatic nitrogens is 1. The number of aliphatic imine (C=N–C) groups is 1. The highest BCUT2D eigenvalue weighted by Crippen LogP contribution is 2.35. The summed E-state index contributed by atoms with van der Waals surface area (Å²) in [4.78, 5) is 34.2. The molecule has 198 valence electrons. The molecule has 2 amide bonds. The zero-order chi connectivity index (χ0) is 27.0. The van der Waals surface area contributed by atoms with Gasteiger partial charge < -0.3 is 20.8 Å². The van der Waals surface area contributed by atoms with Gasteiger partial charge in [-0.2, -0.15) is 0 Å². The number of hydrogen-bond donors (Lipinski definition) is 4. The molecule has 4 N–H and O–H groups in total. The molecule has 0 spiro atoms. The fraction of sp³-hybridized carbons (Fsp3) is 0.185. The van der Waals surface area contributed by atoms with Gasteiger partial charge in [-0.15, -0.1) is 0 Å². The largest absolute Gasteiger partial charge is 0.457 e. The van der Waals surface area contributed by atoms with Crippen LogP contribution >= 0.6 is 33.9 Å². The molecule has 2 aliphatic rings. The van der Waals surface area contributed by atoms with Gasteiger partial charge in [0.05, 0.1) is 22.2 Å². The van der Waals surface area contributed by atoms with Crippen molar-refractivity contribution in [3.63, 3.8) is 0 Å². The lowest BCUT2D eigenvalue weighted by molar-refractivity contribution is -0.122. The van der Waals surface area contributed by atoms with Crippen LogP contribution in [-0.2, 0) is 16.0 Å². The Kier molecular flexibility index (Phi) is 6.91. The van der Waals surface area contributed by atoms with Crippen molar-refractivity contribution in [1.82, 2.24) is 15.8 Å². The van der Waals surface area contributed by atoms with E-state index in [0.29, 0.717) is 16.6 Å². The molecule has 6 rings (SSSR count). The van der Waals surface area contributed by atoms with E-state index in [9.17, 15) is 14.0 Å². The number of thiazole rings is 1. The summed E-state index contributed by atoms with van der Waals surface area (Å²) in [7, 11) is 0. The maximum absolute atomic E-state index is 14.7. The highest BCUT2D eigenvalue weighted by atomic mass is 127. The first-order chi connectivity index (χ1) is 18.9. The smallest absolute Gasteiger partial charge is 0.269 e. The lowest BCUT2D eigenvalue weighted by Crippen LogP contribution is -2.55. The molecular weight excluding hydrogens is 634 g/mol. The molecule has 1 fully saturated rings. The van der Waals surface area contributed by atoms with Crippen LogP contribution in [0.15, 0.2) is 65.7 Å². The van der Waals surface area contributed by atoms with Gasteiger partial charge in [0, 0.05) is 28.0 Å². The van der Waals surface area contributed by atoms with E-state index >= 15 is 0 Å². The number of benzene rings is 3. The van der Waals surface area contributed by atoms with Crippen molar-refractivity contribution in [3.05, 3.63) is 75.6 Å². The third-order valence-electron chi connectivity index (χ3n) is 6.31. The van der Waals surface area contributed by atoms with Gasteiger partial charge in [0.15, 0.2) is 5.13 Å². The van der Waals surface area contributed by atoms with E-state index in [1.807, 2.05) is 24.3 Å². The first-order valence-corrected chi connectivity index (χ1v) is 14.1. The molecule has 0 saturated heterocycles. The predicted octanol–water partition coefficient (Wildman–Crippen LogP) is 5.19. The van der Waals surface area contributed by atoms with Crippen molar-refractivity contribution >= 4 is 73.1 Å². The molecule has 1 saturated carbocycles. The van der Waals surface area contributed by atoms with Crippen molar-refractivity contribution in [2.24, 2.45) is 10.9 Å². The standard InChI is InChI=1S/C27H22FIN6O3S/c28-20-8-6-18(38-19-7-9-21-23(12-19)39-26(33-21)34-24(36)16-4-5-16)11-22(20)32-25(37)27(30-14-31-35-27)13-15-2-1-3-17(29)10-15/h1-3,6-12,14,16,35H,4-5,13H2,(H,30,31)(H,32,37)(H,33,34,36). The second-order valence-corrected chi connectivity index (χ2v) is 11.6. The number of nitrogens with zero attached hydrogens (tertiary/aromatic N) is 2. The molecule has 4 aromatic rings. The molecular formula is C27H22FIN6O3S. The van der Waals surface area contributed by atoms with Gasteiger partial charge >= 0.3 is 0 Å². The minimum Gasteiger partial charge on any atom is -0.457 e. The van der Waals surface area contributed by atoms with E-state index in [0.717, 1.165) is 32.2 Å². The Bertz CT molecular complexity index is 1620. The summed E-state index contributed by atoms with van der Waals surface area (Å²) in [6.07, 6.45) is 3.50. The van der Waals surface area contributed by atoms with Gasteiger partial charge in [-0.25, -0.2) is 19.8 Å². The number of nitrogens with one attached hydrogen (secondary N) is 4. The fourth-order valence-electron chi connectivity index (χ4n) is 4.15. The van der Waals surface area contributed by atoms with Gasteiger partial charge in [-0.1, -0.05) is 23.5 Å². The van der Waals surface area contributed by atoms with Crippen molar-refractivity contribution < 1.29 is 18.7 Å². The number of rotatable bonds is 8. The monoisotopic (exact) mass is 656 g/mol. The Labute approximate surface area is 240 Å². The summed E-state index contributed by atoms with van der Waals surface area (Å²) in [5, 5.41) is 6.07. The van der Waals surface area contributed by atoms with Crippen molar-refractivity contribution in [3.8, 4) is 11.5 Å². The summed E-state index contributed by atoms with van der Waals surface area (Å²) in [6, 6.07) is 17.2. The maximum atomic E-state index is 14.7. The number of ether oxygens (including phenoxy) is 1. The molecule has 9 nitrogen and oxygen atoms in total. The van der Waals surface area contributed by atoms with Gasteiger partial charge in [0.25, 0.3) is 5.91 Å². The van der Waals surface area contributed by atoms with E-state index in [2.05, 4.69) is 54.1 Å². The lowest BCUT2D eigenvalue weighted by Gasteiger charge is -2.25. The molecule has 1 unspecified atom stereocenters. The van der Waals surface area contributed by atoms with Gasteiger partial charge in [0.1, 0.15) is 17.3 Å². The Morgan fingerprint density at radius 1 is 1.10 bits per heavy atom. The fourth-order valence-corrected chi connectivity index (χ4v) is 5.66. The number of carbonyl (C=O) groups excluding carboxylic acids is 2. The van der Waals surface area contributed by atoms with Gasteiger partial charge in [0.2, 0.25) is 11.6 Å². The van der Waals surface area contributed by atoms with Gasteiger partial charge in [-0.05, 0) is 77.4 Å². The van der Waals surface area contributed by atoms with E-state index in [1.165, 1.54) is 35.9 Å². The molecule has 2 heterocycles. The van der Waals surface area contributed by atoms with Crippen LogP contribution in [0, 0.1) is 15.3 Å². The van der Waals surface area contributed by atoms with Crippen LogP contribution in [0.25, 0.3) is 10.2 Å². The molecule has 1 aromatic heterocycles. The molecule has 0 radical (unpaired) electrons. The van der Waals surface area contributed by atoms with Crippen LogP contribution in [0.2, 0.25) is 0 Å². The number of hydrazine groups is 1. The number of hydrogen-bond acceptors (Lipinski definition) is 8. The summed E-state index contributed by atoms with van der Waals surface area (Å²) in [6.45, 7) is 0. The normalized spacial score (nSPS) is 18.1. The van der Waals surface area contributed by atoms with Crippen LogP contribution < -0.4 is 26.2 Å². The van der Waals surface area contributed by atoms with Crippen molar-refractivity contribution in [2.45, 2.75) is 24.9 Å². The molecule has 3 aromatic carbocycles. The third kappa shape index (κ3) is 5.72. The van der Waals surface area contributed by atoms with Gasteiger partial charge in [-0.3, -0.25) is 9.59 Å². The molecule has 1 atom stereocenters. The zero-order valence-electron chi connectivity index (χ0n) is 20.3. The van der Waals surface area contributed by atoms with Crippen LogP contribution in [0.1, 0.15) is 18.4 Å². The zero-order valence-corrected chi connectivity index (χ0v) is 23.3. The summed E-state index contributed by atoms with van der Waals surface area (Å²) in [5.41, 5.74) is 5.91. The minimum absolute atomic E-state index is 0.000923. The first kappa shape index (κ1) is 25.6. The number of anilines is 2. The molecule has 0 bridgehead atoms. The van der Waals surface area contributed by atoms with Crippen LogP contribution in [0.4, 0.5) is 15.2 Å². The lowest BCUT2D eigenvalue weighted by atomic mass is 9.99. The minimum atomic E-state index is -1.35. The first-order valence-electron chi connectivity index (χ1n) is 12.2. The molecule has 12 heteroatoms. The molecule has 1 aliphatic carbocycles. The number of halogens is 2. The van der Waals surface area contributed by atoms with Crippen LogP contribution in [0.3, 0.4) is 0 Å². The van der Waals surface area contributed by atoms with Crippen LogP contribution in [0.5, 0.6) is 11.5 Å². The Morgan fingerprint density at radius 2 is 1.92 bits per heavy atom. The summed E-state index contributed by atoms with van der Waals surface area (Å²) >= 11 is 3.56. The van der Waals surface area contributed by atoms with Crippen LogP contribution in [-0.4, -0.2) is 28.8 Å². The second-order valence-electron chi connectivity index (χ2n) is 9.30. The average molecular weight is 656 g/mol. The van der Waals surface area contributed by atoms with Crippen molar-refractivity contribution in [2.75, 3.05) is 10.6 Å². The quantitative estimate of drug-likeness (QED) is 0.194. The summed E-state index contributed by atoms with van der Waals surface area (Å²) < 4.78 is 22.6. The predicted molar refractivity (Wildman–Crippen MR) is 156 cm³/mol. The Balaban J connectivity index is 1.18. The Morgan fingerprint density at radius 3 is 2.69 bits per heavy atom. The average Bonchev–Trinajstić information content (AvgIpc) is 3.53. The Hall–Kier alpha value is -3.62. The third-order valence-corrected chi connectivity index (χ3v) is 7.92. The van der Waals surface area contributed by atoms with E-state index < -0.39 is 17.4 Å².